The molecule has 1 aromatic heterocycles. The largest absolute Gasteiger partial charge is 0.495 e. The minimum atomic E-state index is -0.200. The van der Waals surface area contributed by atoms with Crippen LogP contribution in [0.4, 0.5) is 5.69 Å². The van der Waals surface area contributed by atoms with E-state index in [0.29, 0.717) is 23.2 Å². The van der Waals surface area contributed by atoms with E-state index < -0.39 is 0 Å². The predicted molar refractivity (Wildman–Crippen MR) is 135 cm³/mol. The fraction of sp³-hybridized carbons (Fsp3) is 0.192. The quantitative estimate of drug-likeness (QED) is 0.361. The molecule has 0 saturated carbocycles. The molecule has 4 aromatic rings. The molecule has 4 rings (SSSR count). The van der Waals surface area contributed by atoms with Crippen LogP contribution in [0.5, 0.6) is 5.75 Å². The minimum absolute atomic E-state index is 0.186. The van der Waals surface area contributed by atoms with E-state index >= 15 is 0 Å². The molecule has 0 aliphatic heterocycles. The van der Waals surface area contributed by atoms with Crippen molar-refractivity contribution in [3.63, 3.8) is 0 Å². The van der Waals surface area contributed by atoms with Gasteiger partial charge in [0, 0.05) is 5.56 Å². The van der Waals surface area contributed by atoms with Crippen LogP contribution in [0.15, 0.2) is 71.1 Å². The Balaban J connectivity index is 1.52. The first-order chi connectivity index (χ1) is 15.9. The molecule has 6 nitrogen and oxygen atoms in total. The Hall–Kier alpha value is -3.71. The van der Waals surface area contributed by atoms with E-state index in [2.05, 4.69) is 35.5 Å². The van der Waals surface area contributed by atoms with Crippen molar-refractivity contribution in [3.05, 3.63) is 77.9 Å². The second-order valence-corrected chi connectivity index (χ2v) is 8.39. The van der Waals surface area contributed by atoms with Crippen LogP contribution in [0.1, 0.15) is 30.9 Å². The van der Waals surface area contributed by atoms with Crippen LogP contribution in [-0.4, -0.2) is 23.1 Å². The van der Waals surface area contributed by atoms with Crippen molar-refractivity contribution in [2.45, 2.75) is 26.2 Å². The molecule has 0 fully saturated rings. The molecule has 1 amide bonds. The molecule has 0 spiro atoms. The first-order valence-electron chi connectivity index (χ1n) is 10.7. The van der Waals surface area contributed by atoms with Gasteiger partial charge in [0.15, 0.2) is 10.7 Å². The predicted octanol–water partition coefficient (Wildman–Crippen LogP) is 5.68. The van der Waals surface area contributed by atoms with E-state index in [1.165, 1.54) is 5.56 Å². The first-order valence-corrected chi connectivity index (χ1v) is 11.1. The summed E-state index contributed by atoms with van der Waals surface area (Å²) in [5, 5.41) is 5.95. The number of nitrogens with zero attached hydrogens (tertiary/aromatic N) is 1. The maximum Gasteiger partial charge on any atom is 0.230 e. The zero-order chi connectivity index (χ0) is 23.4. The molecule has 0 aliphatic carbocycles. The summed E-state index contributed by atoms with van der Waals surface area (Å²) in [5.41, 5.74) is 5.02. The van der Waals surface area contributed by atoms with Gasteiger partial charge in [-0.1, -0.05) is 50.2 Å². The average molecular weight is 460 g/mol. The van der Waals surface area contributed by atoms with Crippen LogP contribution in [0, 0.1) is 0 Å². The van der Waals surface area contributed by atoms with Gasteiger partial charge in [-0.2, -0.15) is 0 Å². The number of benzene rings is 3. The van der Waals surface area contributed by atoms with Crippen molar-refractivity contribution in [3.8, 4) is 17.2 Å². The molecule has 0 radical (unpaired) electrons. The maximum absolute atomic E-state index is 12.3. The van der Waals surface area contributed by atoms with Crippen LogP contribution in [0.3, 0.4) is 0 Å². The summed E-state index contributed by atoms with van der Waals surface area (Å²) < 4.78 is 11.4. The van der Waals surface area contributed by atoms with Gasteiger partial charge in [0.05, 0.1) is 19.2 Å². The molecule has 168 valence electrons. The van der Waals surface area contributed by atoms with Gasteiger partial charge >= 0.3 is 0 Å². The molecule has 33 heavy (non-hydrogen) atoms. The summed E-state index contributed by atoms with van der Waals surface area (Å²) in [5.74, 6) is 1.28. The Bertz CT molecular complexity index is 1300. The molecule has 0 unspecified atom stereocenters. The van der Waals surface area contributed by atoms with Gasteiger partial charge in [0.25, 0.3) is 0 Å². The monoisotopic (exact) mass is 459 g/mol. The van der Waals surface area contributed by atoms with E-state index in [9.17, 15) is 4.79 Å². The summed E-state index contributed by atoms with van der Waals surface area (Å²) in [6.45, 7) is 4.29. The lowest BCUT2D eigenvalue weighted by atomic mass is 10.0. The molecule has 0 bridgehead atoms. The number of carbonyl (C=O) groups is 1. The number of carbonyl (C=O) groups excluding carboxylic acids is 1. The van der Waals surface area contributed by atoms with Gasteiger partial charge < -0.3 is 19.8 Å². The normalized spacial score (nSPS) is 10.9. The molecule has 0 saturated heterocycles. The second kappa shape index (κ2) is 9.83. The van der Waals surface area contributed by atoms with Gasteiger partial charge in [0.2, 0.25) is 11.8 Å². The van der Waals surface area contributed by atoms with Crippen LogP contribution in [-0.2, 0) is 11.2 Å². The SMILES string of the molecule is COc1ccc(-c2nc3cc(C(C)C)ccc3o2)cc1NC(=S)NC(=O)Cc1ccccc1. The van der Waals surface area contributed by atoms with Crippen molar-refractivity contribution >= 4 is 40.0 Å². The van der Waals surface area contributed by atoms with Gasteiger partial charge in [-0.25, -0.2) is 4.98 Å². The van der Waals surface area contributed by atoms with Gasteiger partial charge in [-0.15, -0.1) is 0 Å². The van der Waals surface area contributed by atoms with E-state index in [-0.39, 0.29) is 17.4 Å². The number of fused-ring (bicyclic) bond motifs is 1. The number of methoxy groups -OCH3 is 1. The lowest BCUT2D eigenvalue weighted by Gasteiger charge is -2.13. The molecule has 3 aromatic carbocycles. The van der Waals surface area contributed by atoms with Crippen molar-refractivity contribution in [2.24, 2.45) is 0 Å². The zero-order valence-electron chi connectivity index (χ0n) is 18.7. The first kappa shape index (κ1) is 22.5. The number of ether oxygens (including phenoxy) is 1. The standard InChI is InChI=1S/C26H25N3O3S/c1-16(2)18-9-12-23-21(14-18)27-25(32-23)19-10-11-22(31-3)20(15-19)28-26(33)29-24(30)13-17-7-5-4-6-8-17/h4-12,14-16H,13H2,1-3H3,(H2,28,29,30,33). The second-order valence-electron chi connectivity index (χ2n) is 7.98. The maximum atomic E-state index is 12.3. The zero-order valence-corrected chi connectivity index (χ0v) is 19.5. The summed E-state index contributed by atoms with van der Waals surface area (Å²) in [6.07, 6.45) is 0.237. The molecule has 0 atom stereocenters. The fourth-order valence-electron chi connectivity index (χ4n) is 3.47. The molecule has 1 heterocycles. The van der Waals surface area contributed by atoms with Crippen molar-refractivity contribution in [2.75, 3.05) is 12.4 Å². The number of nitrogens with one attached hydrogen (secondary N) is 2. The number of amides is 1. The van der Waals surface area contributed by atoms with Crippen LogP contribution < -0.4 is 15.4 Å². The van der Waals surface area contributed by atoms with E-state index in [1.807, 2.05) is 54.6 Å². The number of hydrogen-bond acceptors (Lipinski definition) is 5. The van der Waals surface area contributed by atoms with Crippen molar-refractivity contribution in [1.82, 2.24) is 10.3 Å². The lowest BCUT2D eigenvalue weighted by Crippen LogP contribution is -2.35. The van der Waals surface area contributed by atoms with E-state index in [0.717, 1.165) is 22.2 Å². The lowest BCUT2D eigenvalue weighted by molar-refractivity contribution is -0.119. The van der Waals surface area contributed by atoms with Gasteiger partial charge in [-0.05, 0) is 59.6 Å². The number of oxazole rings is 1. The van der Waals surface area contributed by atoms with Crippen molar-refractivity contribution in [1.29, 1.82) is 0 Å². The van der Waals surface area contributed by atoms with Crippen LogP contribution >= 0.6 is 12.2 Å². The molecular weight excluding hydrogens is 434 g/mol. The third kappa shape index (κ3) is 5.38. The van der Waals surface area contributed by atoms with Crippen LogP contribution in [0.25, 0.3) is 22.6 Å². The highest BCUT2D eigenvalue weighted by Gasteiger charge is 2.14. The smallest absolute Gasteiger partial charge is 0.230 e. The Morgan fingerprint density at radius 1 is 1.09 bits per heavy atom. The highest BCUT2D eigenvalue weighted by Crippen LogP contribution is 2.32. The average Bonchev–Trinajstić information content (AvgIpc) is 3.23. The van der Waals surface area contributed by atoms with Crippen LogP contribution in [0.2, 0.25) is 0 Å². The topological polar surface area (TPSA) is 76.4 Å². The third-order valence-corrected chi connectivity index (χ3v) is 5.44. The molecular formula is C26H25N3O3S. The summed E-state index contributed by atoms with van der Waals surface area (Å²) in [6, 6.07) is 21.1. The Labute approximate surface area is 198 Å². The number of rotatable bonds is 6. The highest BCUT2D eigenvalue weighted by molar-refractivity contribution is 7.80. The molecule has 0 aliphatic rings. The number of aromatic nitrogens is 1. The van der Waals surface area contributed by atoms with Gasteiger partial charge in [-0.3, -0.25) is 4.79 Å². The summed E-state index contributed by atoms with van der Waals surface area (Å²) in [4.78, 5) is 17.0. The Morgan fingerprint density at radius 3 is 2.61 bits per heavy atom. The number of anilines is 1. The summed E-state index contributed by atoms with van der Waals surface area (Å²) >= 11 is 5.35. The third-order valence-electron chi connectivity index (χ3n) is 5.23. The van der Waals surface area contributed by atoms with E-state index in [1.54, 1.807) is 13.2 Å². The molecule has 7 heteroatoms. The highest BCUT2D eigenvalue weighted by atomic mass is 32.1. The van der Waals surface area contributed by atoms with Crippen molar-refractivity contribution < 1.29 is 13.9 Å². The number of thiocarbonyl (C=S) groups is 1. The van der Waals surface area contributed by atoms with Gasteiger partial charge in [0.1, 0.15) is 11.3 Å². The Morgan fingerprint density at radius 2 is 1.88 bits per heavy atom. The Kier molecular flexibility index (Phi) is 6.70. The van der Waals surface area contributed by atoms with E-state index in [4.69, 9.17) is 21.4 Å². The molecule has 2 N–H and O–H groups in total. The minimum Gasteiger partial charge on any atom is -0.495 e. The summed E-state index contributed by atoms with van der Waals surface area (Å²) in [7, 11) is 1.57. The number of hydrogen-bond donors (Lipinski definition) is 2. The fourth-order valence-corrected chi connectivity index (χ4v) is 3.70.